The molecular formula is C4H7BNO. The van der Waals surface area contributed by atoms with E-state index in [9.17, 15) is 0 Å². The average Bonchev–Trinajstić information content (AvgIpc) is 1.61. The molecule has 0 rings (SSSR count). The third-order valence-corrected chi connectivity index (χ3v) is 0.362. The molecule has 37 valence electrons. The zero-order chi connectivity index (χ0) is 5.70. The van der Waals surface area contributed by atoms with Crippen molar-refractivity contribution < 1.29 is 4.74 Å². The number of ether oxygens (including phenoxy) is 1. The van der Waals surface area contributed by atoms with Gasteiger partial charge in [-0.15, -0.1) is 0 Å². The Hall–Kier alpha value is -0.595. The van der Waals surface area contributed by atoms with Crippen LogP contribution in [0.2, 0.25) is 0 Å². The van der Waals surface area contributed by atoms with Gasteiger partial charge in [-0.2, -0.15) is 0 Å². The van der Waals surface area contributed by atoms with Crippen molar-refractivity contribution in [1.29, 1.82) is 0 Å². The summed E-state index contributed by atoms with van der Waals surface area (Å²) in [6.45, 7) is 1.69. The number of hydrogen-bond donors (Lipinski definition) is 0. The Morgan fingerprint density at radius 2 is 2.43 bits per heavy atom. The molecule has 0 aliphatic rings. The van der Waals surface area contributed by atoms with E-state index in [0.717, 1.165) is 0 Å². The first-order valence-corrected chi connectivity index (χ1v) is 1.91. The Bertz CT molecular complexity index is 89.7. The van der Waals surface area contributed by atoms with Gasteiger partial charge in [-0.25, -0.2) is 0 Å². The third-order valence-electron chi connectivity index (χ3n) is 0.362. The minimum absolute atomic E-state index is 0.502. The molecule has 0 bridgehead atoms. The van der Waals surface area contributed by atoms with Crippen molar-refractivity contribution in [3.05, 3.63) is 0 Å². The molecule has 1 radical (unpaired) electrons. The number of hydrogen-bond acceptors (Lipinski definition) is 2. The van der Waals surface area contributed by atoms with Gasteiger partial charge in [0.05, 0.1) is 0 Å². The molecule has 0 saturated carbocycles. The van der Waals surface area contributed by atoms with Crippen molar-refractivity contribution in [1.82, 2.24) is 0 Å². The summed E-state index contributed by atoms with van der Waals surface area (Å²) in [7, 11) is 6.64. The molecule has 0 aromatic heterocycles. The molecule has 0 unspecified atom stereocenters. The zero-order valence-electron chi connectivity index (χ0n) is 4.51. The molecule has 7 heavy (non-hydrogen) atoms. The first-order chi connectivity index (χ1) is 3.27. The number of aliphatic imine (C=N–C) groups is 1. The van der Waals surface area contributed by atoms with Crippen LogP contribution in [0.3, 0.4) is 0 Å². The van der Waals surface area contributed by atoms with Crippen LogP contribution >= 0.6 is 0 Å². The molecule has 2 nitrogen and oxygen atoms in total. The Morgan fingerprint density at radius 3 is 2.57 bits per heavy atom. The van der Waals surface area contributed by atoms with Gasteiger partial charge in [0, 0.05) is 0 Å². The van der Waals surface area contributed by atoms with E-state index in [2.05, 4.69) is 9.73 Å². The van der Waals surface area contributed by atoms with Gasteiger partial charge in [-0.1, -0.05) is 0 Å². The Morgan fingerprint density at radius 1 is 1.86 bits per heavy atom. The van der Waals surface area contributed by atoms with Crippen LogP contribution in [-0.4, -0.2) is 26.6 Å². The maximum absolute atomic E-state index is 5.12. The molecule has 0 atom stereocenters. The van der Waals surface area contributed by atoms with Crippen LogP contribution in [0, 0.1) is 0 Å². The second-order valence-electron chi connectivity index (χ2n) is 1.11. The fraction of sp³-hybridized carbons (Fsp3) is 0.500. The van der Waals surface area contributed by atoms with Crippen molar-refractivity contribution in [2.45, 2.75) is 6.92 Å². The summed E-state index contributed by atoms with van der Waals surface area (Å²) in [5, 5.41) is 0. The number of rotatable bonds is 2. The molecule has 0 aromatic carbocycles. The monoisotopic (exact) mass is 96.1 g/mol. The van der Waals surface area contributed by atoms with E-state index in [1.54, 1.807) is 6.92 Å². The molecule has 0 saturated heterocycles. The van der Waals surface area contributed by atoms with Crippen molar-refractivity contribution >= 4 is 19.5 Å². The number of nitrogens with zero attached hydrogens (tertiary/aromatic N) is 1. The summed E-state index contributed by atoms with van der Waals surface area (Å²) in [6, 6.07) is 0. The average molecular weight is 95.9 g/mol. The molecule has 0 aliphatic heterocycles. The predicted octanol–water partition coefficient (Wildman–Crippen LogP) is -0.0206. The first kappa shape index (κ1) is 6.40. The van der Waals surface area contributed by atoms with E-state index in [-0.39, 0.29) is 0 Å². The van der Waals surface area contributed by atoms with Crippen LogP contribution < -0.4 is 0 Å². The van der Waals surface area contributed by atoms with Gasteiger partial charge in [0.1, 0.15) is 0 Å². The summed E-state index contributed by atoms with van der Waals surface area (Å²) in [5.41, 5.74) is 0.502. The SMILES string of the molecule is [B]=C(C)N=COC. The second kappa shape index (κ2) is 3.59. The molecule has 0 spiro atoms. The van der Waals surface area contributed by atoms with Crippen LogP contribution in [0.5, 0.6) is 0 Å². The van der Waals surface area contributed by atoms with Gasteiger partial charge in [-0.05, 0) is 0 Å². The van der Waals surface area contributed by atoms with Gasteiger partial charge in [0.25, 0.3) is 0 Å². The van der Waals surface area contributed by atoms with Gasteiger partial charge in [0.2, 0.25) is 0 Å². The summed E-state index contributed by atoms with van der Waals surface area (Å²) in [6.07, 6.45) is 1.29. The summed E-state index contributed by atoms with van der Waals surface area (Å²) >= 11 is 0. The van der Waals surface area contributed by atoms with Crippen LogP contribution in [0.4, 0.5) is 0 Å². The van der Waals surface area contributed by atoms with E-state index >= 15 is 0 Å². The van der Waals surface area contributed by atoms with E-state index in [1.165, 1.54) is 13.5 Å². The molecule has 0 aliphatic carbocycles. The molecular weight excluding hydrogens is 88.9 g/mol. The van der Waals surface area contributed by atoms with E-state index in [1.807, 2.05) is 0 Å². The fourth-order valence-electron chi connectivity index (χ4n) is 0.136. The van der Waals surface area contributed by atoms with E-state index < -0.39 is 0 Å². The van der Waals surface area contributed by atoms with Crippen LogP contribution in [0.25, 0.3) is 0 Å². The summed E-state index contributed by atoms with van der Waals surface area (Å²) < 4.78 is 4.46. The van der Waals surface area contributed by atoms with Crippen LogP contribution in [-0.2, 0) is 4.74 Å². The van der Waals surface area contributed by atoms with Crippen molar-refractivity contribution in [2.24, 2.45) is 4.99 Å². The summed E-state index contributed by atoms with van der Waals surface area (Å²) in [5.74, 6) is 0. The van der Waals surface area contributed by atoms with Crippen molar-refractivity contribution in [3.63, 3.8) is 0 Å². The quantitative estimate of drug-likeness (QED) is 0.269. The van der Waals surface area contributed by atoms with Crippen LogP contribution in [0.1, 0.15) is 6.92 Å². The molecule has 3 heteroatoms. The molecule has 0 aromatic rings. The van der Waals surface area contributed by atoms with E-state index in [0.29, 0.717) is 5.59 Å². The molecule has 0 heterocycles. The fourth-order valence-corrected chi connectivity index (χ4v) is 0.136. The first-order valence-electron chi connectivity index (χ1n) is 1.91. The van der Waals surface area contributed by atoms with Gasteiger partial charge in [-0.3, -0.25) is 0 Å². The van der Waals surface area contributed by atoms with Gasteiger partial charge >= 0.3 is 43.2 Å². The minimum atomic E-state index is 0.502. The maximum atomic E-state index is 5.12. The Kier molecular flexibility index (Phi) is 3.28. The number of methoxy groups -OCH3 is 1. The topological polar surface area (TPSA) is 21.6 Å². The Labute approximate surface area is 44.3 Å². The standard InChI is InChI=1S/C4H7BNO/c1-4(5)6-3-7-2/h3H,1-2H3. The van der Waals surface area contributed by atoms with Crippen molar-refractivity contribution in [3.8, 4) is 0 Å². The third kappa shape index (κ3) is 5.40. The second-order valence-corrected chi connectivity index (χ2v) is 1.11. The molecule has 0 N–H and O–H groups in total. The summed E-state index contributed by atoms with van der Waals surface area (Å²) in [4.78, 5) is 3.59. The normalized spacial score (nSPS) is 9.29. The van der Waals surface area contributed by atoms with Crippen LogP contribution in [0.15, 0.2) is 4.99 Å². The predicted molar refractivity (Wildman–Crippen MR) is 31.9 cm³/mol. The van der Waals surface area contributed by atoms with Gasteiger partial charge in [0.15, 0.2) is 0 Å². The van der Waals surface area contributed by atoms with Gasteiger partial charge < -0.3 is 0 Å². The zero-order valence-corrected chi connectivity index (χ0v) is 4.51. The molecule has 0 amide bonds. The molecule has 0 fully saturated rings. The Balaban J connectivity index is 3.26. The van der Waals surface area contributed by atoms with E-state index in [4.69, 9.17) is 7.49 Å². The van der Waals surface area contributed by atoms with Crippen molar-refractivity contribution in [2.75, 3.05) is 7.11 Å².